The predicted octanol–water partition coefficient (Wildman–Crippen LogP) is 1.24. The number of rotatable bonds is 4. The Kier molecular flexibility index (Phi) is 4.60. The SMILES string of the molecule is O=C(NCc1ccncc1)c1cccnc1N1CCOCC1. The van der Waals surface area contributed by atoms with Gasteiger partial charge in [-0.05, 0) is 29.8 Å². The maximum atomic E-state index is 12.5. The predicted molar refractivity (Wildman–Crippen MR) is 82.7 cm³/mol. The average molecular weight is 298 g/mol. The Bertz CT molecular complexity index is 627. The molecule has 2 aromatic rings. The lowest BCUT2D eigenvalue weighted by Gasteiger charge is -2.29. The lowest BCUT2D eigenvalue weighted by atomic mass is 10.2. The Balaban J connectivity index is 1.72. The van der Waals surface area contributed by atoms with Crippen LogP contribution in [0.5, 0.6) is 0 Å². The van der Waals surface area contributed by atoms with Gasteiger partial charge in [0.2, 0.25) is 0 Å². The summed E-state index contributed by atoms with van der Waals surface area (Å²) < 4.78 is 5.35. The Labute approximate surface area is 129 Å². The van der Waals surface area contributed by atoms with E-state index in [0.717, 1.165) is 24.5 Å². The van der Waals surface area contributed by atoms with Gasteiger partial charge in [-0.15, -0.1) is 0 Å². The molecule has 3 rings (SSSR count). The number of pyridine rings is 2. The average Bonchev–Trinajstić information content (AvgIpc) is 2.61. The topological polar surface area (TPSA) is 67.4 Å². The van der Waals surface area contributed by atoms with Gasteiger partial charge in [0.05, 0.1) is 18.8 Å². The maximum absolute atomic E-state index is 12.5. The molecule has 1 saturated heterocycles. The number of carbonyl (C=O) groups is 1. The number of morpholine rings is 1. The number of aromatic nitrogens is 2. The summed E-state index contributed by atoms with van der Waals surface area (Å²) in [6, 6.07) is 7.35. The number of nitrogens with zero attached hydrogens (tertiary/aromatic N) is 3. The number of anilines is 1. The van der Waals surface area contributed by atoms with Crippen LogP contribution < -0.4 is 10.2 Å². The second kappa shape index (κ2) is 7.00. The largest absolute Gasteiger partial charge is 0.378 e. The summed E-state index contributed by atoms with van der Waals surface area (Å²) in [4.78, 5) is 22.9. The molecule has 0 atom stereocenters. The van der Waals surface area contributed by atoms with Crippen LogP contribution >= 0.6 is 0 Å². The van der Waals surface area contributed by atoms with Gasteiger partial charge in [0.1, 0.15) is 5.82 Å². The highest BCUT2D eigenvalue weighted by Gasteiger charge is 2.19. The van der Waals surface area contributed by atoms with Crippen molar-refractivity contribution < 1.29 is 9.53 Å². The van der Waals surface area contributed by atoms with Gasteiger partial charge in [-0.25, -0.2) is 4.98 Å². The summed E-state index contributed by atoms with van der Waals surface area (Å²) in [6.07, 6.45) is 5.14. The molecule has 6 nitrogen and oxygen atoms in total. The number of ether oxygens (including phenoxy) is 1. The van der Waals surface area contributed by atoms with Gasteiger partial charge in [-0.2, -0.15) is 0 Å². The van der Waals surface area contributed by atoms with Crippen LogP contribution in [0.1, 0.15) is 15.9 Å². The van der Waals surface area contributed by atoms with Crippen LogP contribution in [0.2, 0.25) is 0 Å². The molecule has 0 aliphatic carbocycles. The fourth-order valence-corrected chi connectivity index (χ4v) is 2.38. The van der Waals surface area contributed by atoms with Gasteiger partial charge in [-0.3, -0.25) is 9.78 Å². The molecule has 2 aromatic heterocycles. The summed E-state index contributed by atoms with van der Waals surface area (Å²) in [5.41, 5.74) is 1.61. The smallest absolute Gasteiger partial charge is 0.255 e. The highest BCUT2D eigenvalue weighted by molar-refractivity contribution is 5.98. The van der Waals surface area contributed by atoms with E-state index < -0.39 is 0 Å². The normalized spacial score (nSPS) is 14.6. The van der Waals surface area contributed by atoms with E-state index in [1.165, 1.54) is 0 Å². The summed E-state index contributed by atoms with van der Waals surface area (Å²) in [6.45, 7) is 3.30. The van der Waals surface area contributed by atoms with Crippen molar-refractivity contribution >= 4 is 11.7 Å². The summed E-state index contributed by atoms with van der Waals surface area (Å²) >= 11 is 0. The van der Waals surface area contributed by atoms with Gasteiger partial charge in [0.15, 0.2) is 0 Å². The fraction of sp³-hybridized carbons (Fsp3) is 0.312. The molecule has 1 fully saturated rings. The molecular weight excluding hydrogens is 280 g/mol. The molecular formula is C16H18N4O2. The Morgan fingerprint density at radius 2 is 1.95 bits per heavy atom. The molecule has 0 spiro atoms. The zero-order chi connectivity index (χ0) is 15.2. The fourth-order valence-electron chi connectivity index (χ4n) is 2.38. The number of nitrogens with one attached hydrogen (secondary N) is 1. The molecule has 0 saturated carbocycles. The molecule has 6 heteroatoms. The minimum Gasteiger partial charge on any atom is -0.378 e. The van der Waals surface area contributed by atoms with E-state index in [9.17, 15) is 4.79 Å². The molecule has 114 valence electrons. The highest BCUT2D eigenvalue weighted by atomic mass is 16.5. The molecule has 1 aliphatic heterocycles. The molecule has 1 aliphatic rings. The second-order valence-electron chi connectivity index (χ2n) is 5.01. The van der Waals surface area contributed by atoms with Gasteiger partial charge in [0.25, 0.3) is 5.91 Å². The third-order valence-electron chi connectivity index (χ3n) is 3.54. The molecule has 22 heavy (non-hydrogen) atoms. The lowest BCUT2D eigenvalue weighted by molar-refractivity contribution is 0.0949. The number of amides is 1. The molecule has 3 heterocycles. The van der Waals surface area contributed by atoms with Crippen molar-refractivity contribution in [3.63, 3.8) is 0 Å². The third kappa shape index (κ3) is 3.40. The first-order chi connectivity index (χ1) is 10.8. The monoisotopic (exact) mass is 298 g/mol. The van der Waals surface area contributed by atoms with Crippen molar-refractivity contribution in [3.8, 4) is 0 Å². The zero-order valence-electron chi connectivity index (χ0n) is 12.2. The maximum Gasteiger partial charge on any atom is 0.255 e. The summed E-state index contributed by atoms with van der Waals surface area (Å²) in [5.74, 6) is 0.601. The molecule has 1 N–H and O–H groups in total. The van der Waals surface area contributed by atoms with Gasteiger partial charge >= 0.3 is 0 Å². The van der Waals surface area contributed by atoms with Crippen molar-refractivity contribution in [1.82, 2.24) is 15.3 Å². The van der Waals surface area contributed by atoms with Crippen LogP contribution in [0.15, 0.2) is 42.9 Å². The summed E-state index contributed by atoms with van der Waals surface area (Å²) in [5, 5.41) is 2.93. The van der Waals surface area contributed by atoms with Crippen LogP contribution in [-0.2, 0) is 11.3 Å². The number of carbonyl (C=O) groups excluding carboxylic acids is 1. The van der Waals surface area contributed by atoms with Crippen molar-refractivity contribution in [1.29, 1.82) is 0 Å². The van der Waals surface area contributed by atoms with Crippen molar-refractivity contribution in [2.24, 2.45) is 0 Å². The van der Waals surface area contributed by atoms with E-state index in [4.69, 9.17) is 4.74 Å². The number of hydrogen-bond acceptors (Lipinski definition) is 5. The molecule has 0 aromatic carbocycles. The van der Waals surface area contributed by atoms with E-state index in [1.807, 2.05) is 12.1 Å². The van der Waals surface area contributed by atoms with Crippen LogP contribution in [0, 0.1) is 0 Å². The van der Waals surface area contributed by atoms with E-state index in [2.05, 4.69) is 20.2 Å². The van der Waals surface area contributed by atoms with Crippen molar-refractivity contribution in [2.45, 2.75) is 6.54 Å². The Hall–Kier alpha value is -2.47. The first-order valence-corrected chi connectivity index (χ1v) is 7.29. The lowest BCUT2D eigenvalue weighted by Crippen LogP contribution is -2.38. The molecule has 0 unspecified atom stereocenters. The van der Waals surface area contributed by atoms with Crippen molar-refractivity contribution in [2.75, 3.05) is 31.2 Å². The minimum absolute atomic E-state index is 0.119. The summed E-state index contributed by atoms with van der Waals surface area (Å²) in [7, 11) is 0. The van der Waals surface area contributed by atoms with E-state index in [-0.39, 0.29) is 5.91 Å². The van der Waals surface area contributed by atoms with Gasteiger partial charge < -0.3 is 15.0 Å². The van der Waals surface area contributed by atoms with Crippen LogP contribution in [0.4, 0.5) is 5.82 Å². The van der Waals surface area contributed by atoms with Gasteiger partial charge in [0, 0.05) is 38.2 Å². The van der Waals surface area contributed by atoms with Crippen LogP contribution in [-0.4, -0.2) is 42.2 Å². The van der Waals surface area contributed by atoms with Crippen molar-refractivity contribution in [3.05, 3.63) is 54.0 Å². The second-order valence-corrected chi connectivity index (χ2v) is 5.01. The van der Waals surface area contributed by atoms with Crippen LogP contribution in [0.3, 0.4) is 0 Å². The van der Waals surface area contributed by atoms with E-state index in [0.29, 0.717) is 25.3 Å². The first kappa shape index (κ1) is 14.5. The van der Waals surface area contributed by atoms with Crippen LogP contribution in [0.25, 0.3) is 0 Å². The first-order valence-electron chi connectivity index (χ1n) is 7.29. The Morgan fingerprint density at radius 1 is 1.18 bits per heavy atom. The van der Waals surface area contributed by atoms with Gasteiger partial charge in [-0.1, -0.05) is 0 Å². The molecule has 1 amide bonds. The Morgan fingerprint density at radius 3 is 2.73 bits per heavy atom. The quantitative estimate of drug-likeness (QED) is 0.920. The molecule has 0 bridgehead atoms. The zero-order valence-corrected chi connectivity index (χ0v) is 12.2. The highest BCUT2D eigenvalue weighted by Crippen LogP contribution is 2.18. The third-order valence-corrected chi connectivity index (χ3v) is 3.54. The standard InChI is InChI=1S/C16H18N4O2/c21-16(19-12-13-3-6-17-7-4-13)14-2-1-5-18-15(14)20-8-10-22-11-9-20/h1-7H,8-12H2,(H,19,21). The van der Waals surface area contributed by atoms with E-state index >= 15 is 0 Å². The van der Waals surface area contributed by atoms with E-state index in [1.54, 1.807) is 30.7 Å². The molecule has 0 radical (unpaired) electrons. The minimum atomic E-state index is -0.119. The number of hydrogen-bond donors (Lipinski definition) is 1.